The predicted molar refractivity (Wildman–Crippen MR) is 51.0 cm³/mol. The number of nitrogens with zero attached hydrogens (tertiary/aromatic N) is 1. The van der Waals surface area contributed by atoms with Crippen molar-refractivity contribution >= 4 is 10.2 Å². The molecule has 0 aliphatic rings. The lowest BCUT2D eigenvalue weighted by molar-refractivity contribution is 0.468. The molecule has 0 unspecified atom stereocenters. The minimum atomic E-state index is -3.57. The molecule has 1 rings (SSSR count). The van der Waals surface area contributed by atoms with Gasteiger partial charge in [-0.2, -0.15) is 12.7 Å². The average molecular weight is 200 g/mol. The van der Waals surface area contributed by atoms with Crippen LogP contribution < -0.4 is 5.14 Å². The molecule has 0 atom stereocenters. The monoisotopic (exact) mass is 200 g/mol. The molecule has 0 bridgehead atoms. The second-order valence-electron chi connectivity index (χ2n) is 2.79. The van der Waals surface area contributed by atoms with E-state index in [1.54, 1.807) is 0 Å². The van der Waals surface area contributed by atoms with Crippen LogP contribution in [0, 0.1) is 0 Å². The van der Waals surface area contributed by atoms with Crippen LogP contribution >= 0.6 is 0 Å². The number of hydrogen-bond donors (Lipinski definition) is 1. The van der Waals surface area contributed by atoms with Crippen LogP contribution in [0.5, 0.6) is 0 Å². The second kappa shape index (κ2) is 3.87. The molecule has 5 heteroatoms. The van der Waals surface area contributed by atoms with Crippen molar-refractivity contribution in [2.75, 3.05) is 7.05 Å². The highest BCUT2D eigenvalue weighted by Gasteiger charge is 2.10. The molecule has 1 aromatic carbocycles. The van der Waals surface area contributed by atoms with Crippen molar-refractivity contribution < 1.29 is 8.42 Å². The topological polar surface area (TPSA) is 63.4 Å². The number of nitrogens with two attached hydrogens (primary N) is 1. The van der Waals surface area contributed by atoms with Crippen molar-refractivity contribution in [3.63, 3.8) is 0 Å². The average Bonchev–Trinajstić information content (AvgIpc) is 2.04. The summed E-state index contributed by atoms with van der Waals surface area (Å²) in [5, 5.41) is 4.92. The lowest BCUT2D eigenvalue weighted by atomic mass is 10.2. The van der Waals surface area contributed by atoms with Crippen LogP contribution in [0.2, 0.25) is 0 Å². The van der Waals surface area contributed by atoms with Crippen molar-refractivity contribution in [2.24, 2.45) is 5.14 Å². The van der Waals surface area contributed by atoms with Gasteiger partial charge >= 0.3 is 0 Å². The Morgan fingerprint density at radius 2 is 1.85 bits per heavy atom. The summed E-state index contributed by atoms with van der Waals surface area (Å²) in [7, 11) is -2.12. The van der Waals surface area contributed by atoms with Gasteiger partial charge in [-0.3, -0.25) is 0 Å². The molecule has 0 heterocycles. The molecule has 0 aliphatic heterocycles. The predicted octanol–water partition coefficient (Wildman–Crippen LogP) is 0.322. The third-order valence-electron chi connectivity index (χ3n) is 1.68. The summed E-state index contributed by atoms with van der Waals surface area (Å²) < 4.78 is 22.8. The van der Waals surface area contributed by atoms with Gasteiger partial charge in [-0.1, -0.05) is 30.3 Å². The van der Waals surface area contributed by atoms with Crippen molar-refractivity contribution in [1.29, 1.82) is 0 Å². The van der Waals surface area contributed by atoms with Crippen LogP contribution in [0.15, 0.2) is 30.3 Å². The van der Waals surface area contributed by atoms with Crippen molar-refractivity contribution in [3.8, 4) is 0 Å². The van der Waals surface area contributed by atoms with Crippen LogP contribution in [0.4, 0.5) is 0 Å². The van der Waals surface area contributed by atoms with Crippen LogP contribution in [0.25, 0.3) is 0 Å². The molecular weight excluding hydrogens is 188 g/mol. The van der Waals surface area contributed by atoms with E-state index in [0.29, 0.717) is 6.54 Å². The largest absolute Gasteiger partial charge is 0.276 e. The zero-order chi connectivity index (χ0) is 9.90. The van der Waals surface area contributed by atoms with E-state index in [1.807, 2.05) is 30.3 Å². The first-order chi connectivity index (χ1) is 6.00. The van der Waals surface area contributed by atoms with Gasteiger partial charge in [-0.15, -0.1) is 0 Å². The fourth-order valence-corrected chi connectivity index (χ4v) is 1.26. The van der Waals surface area contributed by atoms with Crippen LogP contribution in [-0.2, 0) is 16.8 Å². The van der Waals surface area contributed by atoms with Gasteiger partial charge in [-0.25, -0.2) is 5.14 Å². The first-order valence-corrected chi connectivity index (χ1v) is 5.28. The molecule has 0 aliphatic carbocycles. The highest BCUT2D eigenvalue weighted by atomic mass is 32.2. The van der Waals surface area contributed by atoms with Gasteiger partial charge in [0, 0.05) is 13.6 Å². The van der Waals surface area contributed by atoms with E-state index in [9.17, 15) is 8.42 Å². The molecule has 0 fully saturated rings. The van der Waals surface area contributed by atoms with Crippen molar-refractivity contribution in [3.05, 3.63) is 35.9 Å². The van der Waals surface area contributed by atoms with Gasteiger partial charge < -0.3 is 0 Å². The minimum absolute atomic E-state index is 0.305. The Hall–Kier alpha value is -0.910. The first-order valence-electron chi connectivity index (χ1n) is 3.78. The Morgan fingerprint density at radius 1 is 1.31 bits per heavy atom. The van der Waals surface area contributed by atoms with Crippen LogP contribution in [0.3, 0.4) is 0 Å². The molecule has 2 N–H and O–H groups in total. The lowest BCUT2D eigenvalue weighted by Crippen LogP contribution is -2.32. The quantitative estimate of drug-likeness (QED) is 0.763. The molecule has 1 aromatic rings. The standard InChI is InChI=1S/C8H12N2O2S/c1-10(13(9,11)12)7-8-5-3-2-4-6-8/h2-6H,7H2,1H3,(H2,9,11,12). The van der Waals surface area contributed by atoms with Crippen LogP contribution in [0.1, 0.15) is 5.56 Å². The fraction of sp³-hybridized carbons (Fsp3) is 0.250. The highest BCUT2D eigenvalue weighted by molar-refractivity contribution is 7.86. The molecular formula is C8H12N2O2S. The Morgan fingerprint density at radius 3 is 2.31 bits per heavy atom. The maximum atomic E-state index is 10.8. The van der Waals surface area contributed by atoms with Crippen molar-refractivity contribution in [1.82, 2.24) is 4.31 Å². The summed E-state index contributed by atoms with van der Waals surface area (Å²) >= 11 is 0. The van der Waals surface area contributed by atoms with Gasteiger partial charge in [0.1, 0.15) is 0 Å². The third kappa shape index (κ3) is 3.14. The Bertz CT molecular complexity index is 361. The maximum Gasteiger partial charge on any atom is 0.276 e. The molecule has 0 saturated carbocycles. The van der Waals surface area contributed by atoms with E-state index in [4.69, 9.17) is 5.14 Å². The minimum Gasteiger partial charge on any atom is -0.216 e. The summed E-state index contributed by atoms with van der Waals surface area (Å²) in [4.78, 5) is 0. The van der Waals surface area contributed by atoms with Crippen LogP contribution in [-0.4, -0.2) is 19.8 Å². The maximum absolute atomic E-state index is 10.8. The summed E-state index contributed by atoms with van der Waals surface area (Å²) in [6.45, 7) is 0.305. The summed E-state index contributed by atoms with van der Waals surface area (Å²) in [6, 6.07) is 9.28. The van der Waals surface area contributed by atoms with E-state index >= 15 is 0 Å². The van der Waals surface area contributed by atoms with E-state index in [0.717, 1.165) is 9.87 Å². The molecule has 4 nitrogen and oxygen atoms in total. The van der Waals surface area contributed by atoms with E-state index in [1.165, 1.54) is 7.05 Å². The molecule has 0 amide bonds. The Kier molecular flexibility index (Phi) is 3.02. The normalized spacial score (nSPS) is 11.9. The van der Waals surface area contributed by atoms with Gasteiger partial charge in [-0.05, 0) is 5.56 Å². The molecule has 13 heavy (non-hydrogen) atoms. The lowest BCUT2D eigenvalue weighted by Gasteiger charge is -2.12. The molecule has 72 valence electrons. The zero-order valence-corrected chi connectivity index (χ0v) is 8.16. The third-order valence-corrected chi connectivity index (χ3v) is 2.68. The Labute approximate surface area is 78.2 Å². The molecule has 0 saturated heterocycles. The van der Waals surface area contributed by atoms with Gasteiger partial charge in [0.05, 0.1) is 0 Å². The van der Waals surface area contributed by atoms with Gasteiger partial charge in [0.2, 0.25) is 0 Å². The smallest absolute Gasteiger partial charge is 0.216 e. The SMILES string of the molecule is CN(Cc1ccccc1)S(N)(=O)=O. The molecule has 0 aromatic heterocycles. The zero-order valence-electron chi connectivity index (χ0n) is 7.34. The van der Waals surface area contributed by atoms with E-state index in [-0.39, 0.29) is 0 Å². The summed E-state index contributed by atoms with van der Waals surface area (Å²) in [6.07, 6.45) is 0. The highest BCUT2D eigenvalue weighted by Crippen LogP contribution is 2.03. The fourth-order valence-electron chi connectivity index (χ4n) is 0.931. The van der Waals surface area contributed by atoms with E-state index in [2.05, 4.69) is 0 Å². The number of hydrogen-bond acceptors (Lipinski definition) is 2. The second-order valence-corrected chi connectivity index (χ2v) is 4.44. The van der Waals surface area contributed by atoms with Gasteiger partial charge in [0.25, 0.3) is 10.2 Å². The number of benzene rings is 1. The van der Waals surface area contributed by atoms with Crippen molar-refractivity contribution in [2.45, 2.75) is 6.54 Å². The Balaban J connectivity index is 2.72. The molecule has 0 spiro atoms. The summed E-state index contributed by atoms with van der Waals surface area (Å²) in [5.41, 5.74) is 0.916. The first kappa shape index (κ1) is 10.2. The summed E-state index contributed by atoms with van der Waals surface area (Å²) in [5.74, 6) is 0. The van der Waals surface area contributed by atoms with Gasteiger partial charge in [0.15, 0.2) is 0 Å². The molecule has 0 radical (unpaired) electrons. The van der Waals surface area contributed by atoms with E-state index < -0.39 is 10.2 Å². The number of rotatable bonds is 3.